The molecule has 11 aromatic carbocycles. The van der Waals surface area contributed by atoms with Crippen LogP contribution in [0.3, 0.4) is 0 Å². The minimum absolute atomic E-state index is 1.11. The molecule has 0 spiro atoms. The van der Waals surface area contributed by atoms with Gasteiger partial charge in [-0.15, -0.1) is 22.7 Å². The molecule has 0 N–H and O–H groups in total. The normalized spacial score (nSPS) is 11.6. The van der Waals surface area contributed by atoms with Gasteiger partial charge in [-0.25, -0.2) is 0 Å². The van der Waals surface area contributed by atoms with Crippen molar-refractivity contribution in [2.75, 3.05) is 4.90 Å². The minimum Gasteiger partial charge on any atom is -0.308 e. The number of rotatable bonds is 8. The largest absolute Gasteiger partial charge is 0.308 e. The molecule has 13 rings (SSSR count). The van der Waals surface area contributed by atoms with Crippen molar-refractivity contribution in [3.63, 3.8) is 0 Å². The highest BCUT2D eigenvalue weighted by Gasteiger charge is 2.24. The van der Waals surface area contributed by atoms with Gasteiger partial charge in [0.15, 0.2) is 0 Å². The van der Waals surface area contributed by atoms with Crippen molar-refractivity contribution in [2.45, 2.75) is 0 Å². The quantitative estimate of drug-likeness (QED) is 0.147. The first-order valence-electron chi connectivity index (χ1n) is 22.8. The van der Waals surface area contributed by atoms with Crippen molar-refractivity contribution in [3.05, 3.63) is 249 Å². The van der Waals surface area contributed by atoms with Crippen LogP contribution in [0.2, 0.25) is 0 Å². The van der Waals surface area contributed by atoms with Crippen molar-refractivity contribution in [3.8, 4) is 55.6 Å². The maximum atomic E-state index is 2.53. The van der Waals surface area contributed by atoms with Crippen LogP contribution in [0.5, 0.6) is 0 Å². The molecule has 1 nitrogen and oxygen atoms in total. The lowest BCUT2D eigenvalue weighted by Gasteiger charge is -2.27. The van der Waals surface area contributed by atoms with Crippen molar-refractivity contribution in [1.82, 2.24) is 0 Å². The Kier molecular flexibility index (Phi) is 9.63. The van der Waals surface area contributed by atoms with Crippen molar-refractivity contribution < 1.29 is 0 Å². The van der Waals surface area contributed by atoms with Crippen LogP contribution < -0.4 is 4.90 Å². The Hall–Kier alpha value is -8.08. The highest BCUT2D eigenvalue weighted by Crippen LogP contribution is 2.52. The lowest BCUT2D eigenvalue weighted by Crippen LogP contribution is -2.10. The van der Waals surface area contributed by atoms with Crippen molar-refractivity contribution in [2.24, 2.45) is 0 Å². The Labute approximate surface area is 397 Å². The van der Waals surface area contributed by atoms with Crippen molar-refractivity contribution in [1.29, 1.82) is 0 Å². The molecule has 2 aromatic heterocycles. The molecule has 0 amide bonds. The standard InChI is InChI=1S/C64H41NS2/c1-5-18-42(19-6-1)48-38-55(45-22-9-3-10-23-45)61-57(40-48)53-30-16-32-59(63(53)66-61)65(50-36-34-47(35-37-50)52-29-15-27-44-26-13-14-28-51(44)52)60-33-17-31-54-58-41-49(43-20-7-2-8-21-43)39-56(62(58)67-64(54)60)46-24-11-4-12-25-46/h1-41H. The van der Waals surface area contributed by atoms with Crippen molar-refractivity contribution >= 4 is 90.9 Å². The average Bonchev–Trinajstić information content (AvgIpc) is 3.99. The Morgan fingerprint density at radius 3 is 1.15 bits per heavy atom. The number of nitrogens with zero attached hydrogens (tertiary/aromatic N) is 1. The van der Waals surface area contributed by atoms with Crippen LogP contribution in [0.15, 0.2) is 249 Å². The molecule has 0 radical (unpaired) electrons. The monoisotopic (exact) mass is 887 g/mol. The molecule has 0 aliphatic rings. The lowest BCUT2D eigenvalue weighted by molar-refractivity contribution is 1.32. The second-order valence-electron chi connectivity index (χ2n) is 17.2. The summed E-state index contributed by atoms with van der Waals surface area (Å²) < 4.78 is 5.10. The van der Waals surface area contributed by atoms with E-state index >= 15 is 0 Å². The van der Waals surface area contributed by atoms with Gasteiger partial charge in [0, 0.05) is 47.8 Å². The zero-order valence-corrected chi connectivity index (χ0v) is 38.1. The number of hydrogen-bond acceptors (Lipinski definition) is 3. The van der Waals surface area contributed by atoms with Crippen LogP contribution in [-0.4, -0.2) is 0 Å². The molecule has 13 aromatic rings. The molecule has 0 atom stereocenters. The lowest BCUT2D eigenvalue weighted by atomic mass is 9.95. The van der Waals surface area contributed by atoms with E-state index < -0.39 is 0 Å². The van der Waals surface area contributed by atoms with Crippen LogP contribution >= 0.6 is 22.7 Å². The fourth-order valence-electron chi connectivity index (χ4n) is 10.1. The number of benzene rings is 11. The average molecular weight is 888 g/mol. The summed E-state index contributed by atoms with van der Waals surface area (Å²) in [5, 5.41) is 7.56. The number of anilines is 3. The van der Waals surface area contributed by atoms with Crippen LogP contribution in [0.1, 0.15) is 0 Å². The first kappa shape index (κ1) is 39.3. The summed E-state index contributed by atoms with van der Waals surface area (Å²) in [7, 11) is 0. The van der Waals surface area contributed by atoms with E-state index in [-0.39, 0.29) is 0 Å². The molecule has 0 aliphatic carbocycles. The third kappa shape index (κ3) is 6.82. The van der Waals surface area contributed by atoms with Gasteiger partial charge >= 0.3 is 0 Å². The molecular formula is C64H41NS2. The Morgan fingerprint density at radius 2 is 0.642 bits per heavy atom. The third-order valence-corrected chi connectivity index (χ3v) is 15.8. The second kappa shape index (κ2) is 16.4. The van der Waals surface area contributed by atoms with Gasteiger partial charge in [-0.3, -0.25) is 0 Å². The molecule has 0 bridgehead atoms. The third-order valence-electron chi connectivity index (χ3n) is 13.2. The maximum Gasteiger partial charge on any atom is 0.0640 e. The summed E-state index contributed by atoms with van der Waals surface area (Å²) in [5.74, 6) is 0. The van der Waals surface area contributed by atoms with E-state index in [0.29, 0.717) is 0 Å². The van der Waals surface area contributed by atoms with E-state index in [1.807, 2.05) is 22.7 Å². The van der Waals surface area contributed by atoms with E-state index in [4.69, 9.17) is 0 Å². The topological polar surface area (TPSA) is 3.24 Å². The van der Waals surface area contributed by atoms with Gasteiger partial charge in [0.2, 0.25) is 0 Å². The van der Waals surface area contributed by atoms with Gasteiger partial charge in [-0.1, -0.05) is 200 Å². The summed E-state index contributed by atoms with van der Waals surface area (Å²) >= 11 is 3.81. The summed E-state index contributed by atoms with van der Waals surface area (Å²) in [5.41, 5.74) is 15.7. The zero-order valence-electron chi connectivity index (χ0n) is 36.4. The SMILES string of the molecule is c1ccc(-c2cc(-c3ccccc3)c3sc4c(N(c5ccc(-c6cccc7ccccc67)cc5)c5cccc6c5sc5c(-c7ccccc7)cc(-c7ccccc7)cc56)cccc4c3c2)cc1. The molecule has 3 heteroatoms. The van der Waals surface area contributed by atoms with Gasteiger partial charge in [0.05, 0.1) is 20.8 Å². The van der Waals surface area contributed by atoms with E-state index in [2.05, 4.69) is 254 Å². The van der Waals surface area contributed by atoms with Gasteiger partial charge in [0.1, 0.15) is 0 Å². The highest BCUT2D eigenvalue weighted by atomic mass is 32.1. The zero-order chi connectivity index (χ0) is 44.3. The predicted molar refractivity (Wildman–Crippen MR) is 292 cm³/mol. The summed E-state index contributed by atoms with van der Waals surface area (Å²) in [6, 6.07) is 91.3. The minimum atomic E-state index is 1.11. The van der Waals surface area contributed by atoms with Crippen LogP contribution in [-0.2, 0) is 0 Å². The second-order valence-corrected chi connectivity index (χ2v) is 19.2. The van der Waals surface area contributed by atoms with Gasteiger partial charge in [-0.05, 0) is 104 Å². The van der Waals surface area contributed by atoms with E-state index in [1.54, 1.807) is 0 Å². The molecule has 0 fully saturated rings. The number of hydrogen-bond donors (Lipinski definition) is 0. The summed E-state index contributed by atoms with van der Waals surface area (Å²) in [6.45, 7) is 0. The van der Waals surface area contributed by atoms with E-state index in [1.165, 1.54) is 107 Å². The highest BCUT2D eigenvalue weighted by molar-refractivity contribution is 7.27. The van der Waals surface area contributed by atoms with Gasteiger partial charge in [0.25, 0.3) is 0 Å². The maximum absolute atomic E-state index is 2.53. The van der Waals surface area contributed by atoms with Gasteiger partial charge in [-0.2, -0.15) is 0 Å². The summed E-state index contributed by atoms with van der Waals surface area (Å²) in [4.78, 5) is 2.53. The van der Waals surface area contributed by atoms with Crippen LogP contribution in [0.4, 0.5) is 17.1 Å². The fraction of sp³-hybridized carbons (Fsp3) is 0. The number of fused-ring (bicyclic) bond motifs is 7. The molecule has 0 saturated carbocycles. The molecular weight excluding hydrogens is 847 g/mol. The fourth-order valence-corrected chi connectivity index (χ4v) is 12.7. The van der Waals surface area contributed by atoms with Gasteiger partial charge < -0.3 is 4.90 Å². The molecule has 314 valence electrons. The predicted octanol–water partition coefficient (Wildman–Crippen LogP) is 19.4. The molecule has 0 aliphatic heterocycles. The smallest absolute Gasteiger partial charge is 0.0640 e. The number of thiophene rings is 2. The molecule has 67 heavy (non-hydrogen) atoms. The Balaban J connectivity index is 1.08. The Bertz CT molecular complexity index is 3740. The molecule has 0 saturated heterocycles. The first-order valence-corrected chi connectivity index (χ1v) is 24.5. The van der Waals surface area contributed by atoms with E-state index in [0.717, 1.165) is 17.1 Å². The summed E-state index contributed by atoms with van der Waals surface area (Å²) in [6.07, 6.45) is 0. The molecule has 0 unspecified atom stereocenters. The first-order chi connectivity index (χ1) is 33.2. The van der Waals surface area contributed by atoms with Crippen LogP contribution in [0.25, 0.3) is 107 Å². The van der Waals surface area contributed by atoms with Crippen LogP contribution in [0, 0.1) is 0 Å². The van der Waals surface area contributed by atoms with E-state index in [9.17, 15) is 0 Å². The Morgan fingerprint density at radius 1 is 0.239 bits per heavy atom. The molecule has 2 heterocycles.